The van der Waals surface area contributed by atoms with Gasteiger partial charge in [-0.1, -0.05) is 13.3 Å². The van der Waals surface area contributed by atoms with Gasteiger partial charge in [0.25, 0.3) is 0 Å². The summed E-state index contributed by atoms with van der Waals surface area (Å²) in [6.45, 7) is 10.4. The highest BCUT2D eigenvalue weighted by atomic mass is 16.5. The fourth-order valence-corrected chi connectivity index (χ4v) is 2.19. The lowest BCUT2D eigenvalue weighted by Crippen LogP contribution is -2.42. The maximum absolute atomic E-state index is 8.93. The summed E-state index contributed by atoms with van der Waals surface area (Å²) < 4.78 is 5.65. The summed E-state index contributed by atoms with van der Waals surface area (Å²) in [6, 6.07) is 2.36. The standard InChI is InChI=1S/C14H26N2O/c1-4-13-11-16(9-10-17-13)8-6-5-7-14(2,3)12-15/h13H,4-11H2,1-3H3. The van der Waals surface area contributed by atoms with Crippen molar-refractivity contribution in [1.29, 1.82) is 5.26 Å². The van der Waals surface area contributed by atoms with Gasteiger partial charge < -0.3 is 4.74 Å². The maximum Gasteiger partial charge on any atom is 0.0700 e. The van der Waals surface area contributed by atoms with E-state index in [1.165, 1.54) is 6.42 Å². The molecule has 0 amide bonds. The summed E-state index contributed by atoms with van der Waals surface area (Å²) >= 11 is 0. The van der Waals surface area contributed by atoms with Crippen molar-refractivity contribution in [1.82, 2.24) is 4.90 Å². The Morgan fingerprint density at radius 3 is 2.82 bits per heavy atom. The molecule has 0 aromatic heterocycles. The van der Waals surface area contributed by atoms with Gasteiger partial charge in [-0.25, -0.2) is 0 Å². The van der Waals surface area contributed by atoms with E-state index in [-0.39, 0.29) is 5.41 Å². The fourth-order valence-electron chi connectivity index (χ4n) is 2.19. The first kappa shape index (κ1) is 14.5. The van der Waals surface area contributed by atoms with E-state index in [1.807, 2.05) is 13.8 Å². The molecule has 1 heterocycles. The summed E-state index contributed by atoms with van der Waals surface area (Å²) in [5, 5.41) is 8.93. The Balaban J connectivity index is 2.12. The predicted octanol–water partition coefficient (Wildman–Crippen LogP) is 2.82. The lowest BCUT2D eigenvalue weighted by Gasteiger charge is -2.32. The minimum absolute atomic E-state index is 0.156. The van der Waals surface area contributed by atoms with Crippen LogP contribution in [0.2, 0.25) is 0 Å². The van der Waals surface area contributed by atoms with Gasteiger partial charge in [-0.3, -0.25) is 4.90 Å². The highest BCUT2D eigenvalue weighted by Gasteiger charge is 2.19. The van der Waals surface area contributed by atoms with Crippen LogP contribution in [0, 0.1) is 16.7 Å². The number of morpholine rings is 1. The Hall–Kier alpha value is -0.590. The maximum atomic E-state index is 8.93. The van der Waals surface area contributed by atoms with E-state index in [0.29, 0.717) is 6.10 Å². The van der Waals surface area contributed by atoms with Gasteiger partial charge in [0.15, 0.2) is 0 Å². The zero-order valence-electron chi connectivity index (χ0n) is 11.5. The van der Waals surface area contributed by atoms with Crippen LogP contribution in [0.25, 0.3) is 0 Å². The predicted molar refractivity (Wildman–Crippen MR) is 69.7 cm³/mol. The van der Waals surface area contributed by atoms with Crippen LogP contribution in [0.3, 0.4) is 0 Å². The molecule has 0 radical (unpaired) electrons. The second-order valence-corrected chi connectivity index (χ2v) is 5.65. The zero-order valence-corrected chi connectivity index (χ0v) is 11.5. The van der Waals surface area contributed by atoms with Crippen molar-refractivity contribution in [2.24, 2.45) is 5.41 Å². The van der Waals surface area contributed by atoms with Gasteiger partial charge in [-0.05, 0) is 39.7 Å². The molecule has 0 bridgehead atoms. The van der Waals surface area contributed by atoms with Crippen molar-refractivity contribution in [2.75, 3.05) is 26.2 Å². The van der Waals surface area contributed by atoms with Crippen molar-refractivity contribution in [3.8, 4) is 6.07 Å². The minimum Gasteiger partial charge on any atom is -0.376 e. The third-order valence-electron chi connectivity index (χ3n) is 3.51. The molecule has 1 unspecified atom stereocenters. The summed E-state index contributed by atoms with van der Waals surface area (Å²) in [7, 11) is 0. The monoisotopic (exact) mass is 238 g/mol. The number of rotatable bonds is 6. The van der Waals surface area contributed by atoms with E-state index in [9.17, 15) is 0 Å². The molecular weight excluding hydrogens is 212 g/mol. The summed E-state index contributed by atoms with van der Waals surface area (Å²) in [5.74, 6) is 0. The fraction of sp³-hybridized carbons (Fsp3) is 0.929. The molecule has 98 valence electrons. The minimum atomic E-state index is -0.156. The molecule has 0 saturated carbocycles. The molecule has 1 rings (SSSR count). The molecule has 1 fully saturated rings. The number of nitrogens with zero attached hydrogens (tertiary/aromatic N) is 2. The van der Waals surface area contributed by atoms with Crippen LogP contribution in [0.4, 0.5) is 0 Å². The van der Waals surface area contributed by atoms with E-state index in [2.05, 4.69) is 17.9 Å². The van der Waals surface area contributed by atoms with Crippen LogP contribution in [0.1, 0.15) is 46.5 Å². The normalized spacial score (nSPS) is 22.4. The summed E-state index contributed by atoms with van der Waals surface area (Å²) in [6.07, 6.45) is 4.89. The third-order valence-corrected chi connectivity index (χ3v) is 3.51. The van der Waals surface area contributed by atoms with Gasteiger partial charge in [-0.15, -0.1) is 0 Å². The Bertz CT molecular complexity index is 257. The van der Waals surface area contributed by atoms with E-state index < -0.39 is 0 Å². The number of unbranched alkanes of at least 4 members (excludes halogenated alkanes) is 1. The van der Waals surface area contributed by atoms with E-state index in [4.69, 9.17) is 10.00 Å². The molecule has 1 saturated heterocycles. The lowest BCUT2D eigenvalue weighted by atomic mass is 9.89. The van der Waals surface area contributed by atoms with Crippen LogP contribution in [0.5, 0.6) is 0 Å². The number of ether oxygens (including phenoxy) is 1. The Labute approximate surface area is 106 Å². The third kappa shape index (κ3) is 5.52. The van der Waals surface area contributed by atoms with Crippen LogP contribution in [-0.4, -0.2) is 37.2 Å². The van der Waals surface area contributed by atoms with Crippen molar-refractivity contribution < 1.29 is 4.74 Å². The van der Waals surface area contributed by atoms with Crippen LogP contribution < -0.4 is 0 Å². The summed E-state index contributed by atoms with van der Waals surface area (Å²) in [5.41, 5.74) is -0.156. The SMILES string of the molecule is CCC1CN(CCCCC(C)(C)C#N)CCO1. The van der Waals surface area contributed by atoms with Crippen LogP contribution >= 0.6 is 0 Å². The summed E-state index contributed by atoms with van der Waals surface area (Å²) in [4.78, 5) is 2.50. The Kier molecular flexibility index (Phi) is 5.94. The molecule has 1 aliphatic rings. The average Bonchev–Trinajstić information content (AvgIpc) is 2.35. The van der Waals surface area contributed by atoms with E-state index in [0.717, 1.165) is 45.5 Å². The molecule has 0 aromatic rings. The molecule has 1 atom stereocenters. The molecule has 3 nitrogen and oxygen atoms in total. The van der Waals surface area contributed by atoms with Gasteiger partial charge in [0.1, 0.15) is 0 Å². The van der Waals surface area contributed by atoms with E-state index in [1.54, 1.807) is 0 Å². The Morgan fingerprint density at radius 2 is 2.18 bits per heavy atom. The van der Waals surface area contributed by atoms with Gasteiger partial charge in [-0.2, -0.15) is 5.26 Å². The first-order valence-electron chi connectivity index (χ1n) is 6.82. The van der Waals surface area contributed by atoms with Gasteiger partial charge >= 0.3 is 0 Å². The first-order chi connectivity index (χ1) is 8.07. The molecule has 0 spiro atoms. The second-order valence-electron chi connectivity index (χ2n) is 5.65. The quantitative estimate of drug-likeness (QED) is 0.668. The smallest absolute Gasteiger partial charge is 0.0700 e. The molecular formula is C14H26N2O. The largest absolute Gasteiger partial charge is 0.376 e. The molecule has 0 N–H and O–H groups in total. The average molecular weight is 238 g/mol. The molecule has 17 heavy (non-hydrogen) atoms. The van der Waals surface area contributed by atoms with Crippen molar-refractivity contribution >= 4 is 0 Å². The molecule has 0 aliphatic carbocycles. The van der Waals surface area contributed by atoms with Crippen molar-refractivity contribution in [3.63, 3.8) is 0 Å². The van der Waals surface area contributed by atoms with Crippen molar-refractivity contribution in [3.05, 3.63) is 0 Å². The number of hydrogen-bond acceptors (Lipinski definition) is 3. The van der Waals surface area contributed by atoms with Crippen molar-refractivity contribution in [2.45, 2.75) is 52.6 Å². The number of nitriles is 1. The van der Waals surface area contributed by atoms with Gasteiger partial charge in [0.2, 0.25) is 0 Å². The second kappa shape index (κ2) is 6.98. The highest BCUT2D eigenvalue weighted by Crippen LogP contribution is 2.21. The molecule has 3 heteroatoms. The highest BCUT2D eigenvalue weighted by molar-refractivity contribution is 4.91. The van der Waals surface area contributed by atoms with Crippen LogP contribution in [0.15, 0.2) is 0 Å². The molecule has 0 aromatic carbocycles. The molecule has 1 aliphatic heterocycles. The lowest BCUT2D eigenvalue weighted by molar-refractivity contribution is -0.0300. The van der Waals surface area contributed by atoms with E-state index >= 15 is 0 Å². The Morgan fingerprint density at radius 1 is 1.41 bits per heavy atom. The number of hydrogen-bond donors (Lipinski definition) is 0. The zero-order chi connectivity index (χ0) is 12.7. The first-order valence-corrected chi connectivity index (χ1v) is 6.82. The van der Waals surface area contributed by atoms with Crippen LogP contribution in [-0.2, 0) is 4.74 Å². The van der Waals surface area contributed by atoms with Gasteiger partial charge in [0, 0.05) is 13.1 Å². The van der Waals surface area contributed by atoms with Gasteiger partial charge in [0.05, 0.1) is 24.2 Å². The topological polar surface area (TPSA) is 36.3 Å².